The van der Waals surface area contributed by atoms with E-state index in [9.17, 15) is 14.4 Å². The van der Waals surface area contributed by atoms with Crippen LogP contribution in [0.3, 0.4) is 0 Å². The molecule has 121 heavy (non-hydrogen) atoms. The monoisotopic (exact) mass is 1690 g/mol. The number of amidine groups is 1. The number of oxime groups is 1. The first kappa shape index (κ1) is 84.9. The fourth-order valence-electron chi connectivity index (χ4n) is 14.8. The summed E-state index contributed by atoms with van der Waals surface area (Å²) < 4.78 is 39.1. The van der Waals surface area contributed by atoms with Gasteiger partial charge in [0, 0.05) is 59.5 Å². The van der Waals surface area contributed by atoms with Gasteiger partial charge in [-0.15, -0.1) is 0 Å². The normalized spacial score (nSPS) is 17.7. The van der Waals surface area contributed by atoms with Crippen LogP contribution in [-0.4, -0.2) is 150 Å². The molecule has 12 aromatic rings. The average Bonchev–Trinajstić information content (AvgIpc) is 1.66. The van der Waals surface area contributed by atoms with E-state index >= 15 is 0 Å². The van der Waals surface area contributed by atoms with Gasteiger partial charge in [-0.1, -0.05) is 90.2 Å². The van der Waals surface area contributed by atoms with Gasteiger partial charge >= 0.3 is 18.3 Å². The summed E-state index contributed by atoms with van der Waals surface area (Å²) in [6.45, 7) is 19.8. The Kier molecular flexibility index (Phi) is 25.9. The van der Waals surface area contributed by atoms with Crippen LogP contribution in [0.5, 0.6) is 0 Å². The minimum atomic E-state index is -0.556. The first-order valence-electron chi connectivity index (χ1n) is 39.7. The number of carbonyl (C=O) groups is 3. The highest BCUT2D eigenvalue weighted by molar-refractivity contribution is 9.10. The van der Waals surface area contributed by atoms with Crippen LogP contribution < -0.4 is 5.73 Å². The Morgan fingerprint density at radius 3 is 1.02 bits per heavy atom. The molecule has 8 aromatic carbocycles. The Morgan fingerprint density at radius 2 is 0.694 bits per heavy atom. The van der Waals surface area contributed by atoms with Crippen molar-refractivity contribution in [2.24, 2.45) is 10.9 Å². The van der Waals surface area contributed by atoms with Crippen LogP contribution in [-0.2, 0) is 14.2 Å². The summed E-state index contributed by atoms with van der Waals surface area (Å²) in [6, 6.07) is 51.6. The molecule has 5 atom stereocenters. The molecule has 0 spiro atoms. The Morgan fingerprint density at radius 1 is 0.405 bits per heavy atom. The van der Waals surface area contributed by atoms with E-state index in [0.717, 1.165) is 141 Å². The van der Waals surface area contributed by atoms with Gasteiger partial charge in [0.15, 0.2) is 41.5 Å². The second-order valence-corrected chi connectivity index (χ2v) is 33.5. The van der Waals surface area contributed by atoms with Gasteiger partial charge in [0.1, 0.15) is 28.9 Å². The van der Waals surface area contributed by atoms with Crippen molar-refractivity contribution in [3.8, 4) is 76.4 Å². The molecule has 5 aliphatic rings. The number of amides is 3. The van der Waals surface area contributed by atoms with Crippen molar-refractivity contribution >= 4 is 83.1 Å². The Labute approximate surface area is 706 Å². The number of benzene rings is 8. The summed E-state index contributed by atoms with van der Waals surface area (Å²) in [4.78, 5) is 63.2. The molecule has 17 rings (SSSR count). The number of nitrogens with two attached hydrogens (primary N) is 1. The van der Waals surface area contributed by atoms with Crippen molar-refractivity contribution in [2.75, 3.05) is 32.7 Å². The molecule has 0 radical (unpaired) electrons. The predicted octanol–water partition coefficient (Wildman–Crippen LogP) is 18.4. The first-order chi connectivity index (χ1) is 58.0. The van der Waals surface area contributed by atoms with E-state index in [1.54, 1.807) is 58.6 Å². The lowest BCUT2D eigenvalue weighted by Crippen LogP contribution is -2.45. The first-order valence-corrected chi connectivity index (χ1v) is 40.5. The van der Waals surface area contributed by atoms with Crippen molar-refractivity contribution in [1.82, 2.24) is 65.1 Å². The minimum absolute atomic E-state index is 0.0587. The zero-order chi connectivity index (χ0) is 85.9. The van der Waals surface area contributed by atoms with Crippen molar-refractivity contribution in [1.29, 1.82) is 26.3 Å². The minimum Gasteiger partial charge on any atom is -0.444 e. The van der Waals surface area contributed by atoms with Crippen molar-refractivity contribution in [2.45, 2.75) is 174 Å². The fraction of sp³-hybridized carbons (Fsp3) is 0.360. The van der Waals surface area contributed by atoms with E-state index in [2.05, 4.69) is 104 Å². The summed E-state index contributed by atoms with van der Waals surface area (Å²) in [5.74, 6) is 3.86. The maximum atomic E-state index is 12.5. The van der Waals surface area contributed by atoms with Crippen LogP contribution in [0.25, 0.3) is 88.9 Å². The van der Waals surface area contributed by atoms with Crippen LogP contribution in [0.1, 0.15) is 191 Å². The van der Waals surface area contributed by atoms with Gasteiger partial charge in [-0.2, -0.15) is 46.2 Å². The zero-order valence-electron chi connectivity index (χ0n) is 68.3. The van der Waals surface area contributed by atoms with Gasteiger partial charge in [0.2, 0.25) is 0 Å². The molecule has 5 saturated heterocycles. The third kappa shape index (κ3) is 20.7. The fourth-order valence-corrected chi connectivity index (χ4v) is 15.2. The molecule has 0 aliphatic carbocycles. The highest BCUT2D eigenvalue weighted by atomic mass is 79.9. The van der Waals surface area contributed by atoms with Crippen molar-refractivity contribution < 1.29 is 51.9 Å². The summed E-state index contributed by atoms with van der Waals surface area (Å²) in [5.41, 5.74) is 8.95. The van der Waals surface area contributed by atoms with E-state index in [4.69, 9.17) is 69.6 Å². The van der Waals surface area contributed by atoms with Crippen molar-refractivity contribution in [3.63, 3.8) is 0 Å². The molecular formula is C89H89BrN20O11. The maximum absolute atomic E-state index is 12.5. The van der Waals surface area contributed by atoms with E-state index < -0.39 is 22.9 Å². The predicted molar refractivity (Wildman–Crippen MR) is 449 cm³/mol. The highest BCUT2D eigenvalue weighted by Gasteiger charge is 2.40. The third-order valence-corrected chi connectivity index (χ3v) is 21.0. The molecule has 32 heteroatoms. The number of likely N-dealkylation sites (tertiary alicyclic amines) is 5. The Hall–Kier alpha value is -14.0. The van der Waals surface area contributed by atoms with Gasteiger partial charge in [-0.3, -0.25) is 24.5 Å². The van der Waals surface area contributed by atoms with E-state index in [0.29, 0.717) is 89.6 Å². The highest BCUT2D eigenvalue weighted by Crippen LogP contribution is 2.39. The van der Waals surface area contributed by atoms with E-state index in [-0.39, 0.29) is 48.2 Å². The smallest absolute Gasteiger partial charge is 0.410 e. The van der Waals surface area contributed by atoms with Gasteiger partial charge < -0.3 is 43.2 Å². The molecule has 4 unspecified atom stereocenters. The SMILES string of the molecule is CC(C)(C)OC(=O)N1CCCC1/C(N)=N/O.CC(C)(C)OC(=O)N1CCCC1c1noc(-c2ccc3ccc(Br)cc3c2)n1.CC(C)(C)OC(=O)N1CCCC1c1noc(-c2ccc3ccc(C#N)cc3c2)n1.N#Cc1ccc2ccc(-c3nc(C4CCCN4C#N)no3)cc2c1.N#Cc1ccc2ccc(-c3nc([C@@H]4CCCN4C#N)no3)cc2c1. The summed E-state index contributed by atoms with van der Waals surface area (Å²) in [6.07, 6.45) is 11.7. The second-order valence-electron chi connectivity index (χ2n) is 32.6. The molecule has 4 aromatic heterocycles. The third-order valence-electron chi connectivity index (χ3n) is 20.5. The topological polar surface area (TPSA) is 428 Å². The molecule has 31 nitrogen and oxygen atoms in total. The lowest BCUT2D eigenvalue weighted by atomic mass is 10.0. The second kappa shape index (κ2) is 36.9. The lowest BCUT2D eigenvalue weighted by Gasteiger charge is -2.27. The number of aromatic nitrogens is 8. The lowest BCUT2D eigenvalue weighted by molar-refractivity contribution is 0.0206. The largest absolute Gasteiger partial charge is 0.444 e. The molecule has 0 saturated carbocycles. The van der Waals surface area contributed by atoms with Gasteiger partial charge in [0.25, 0.3) is 23.6 Å². The van der Waals surface area contributed by atoms with Crippen molar-refractivity contribution in [3.05, 3.63) is 190 Å². The van der Waals surface area contributed by atoms with Crippen LogP contribution in [0.2, 0.25) is 0 Å². The summed E-state index contributed by atoms with van der Waals surface area (Å²) >= 11 is 3.50. The molecule has 5 fully saturated rings. The molecule has 0 bridgehead atoms. The van der Waals surface area contributed by atoms with E-state index in [1.807, 2.05) is 157 Å². The van der Waals surface area contributed by atoms with Crippen LogP contribution in [0, 0.1) is 56.9 Å². The standard InChI is InChI=1S/C22H22N4O3.C21H22BrN3O3.2C18H13N5O.C10H19N3O3/c1-22(2,3)28-21(27)26-10-4-5-18(26)19-24-20(29-25-19)16-9-8-15-7-6-14(13-23)11-17(15)12-16;1-21(2,3)27-20(26)25-10-4-5-17(25)18-23-19(28-24-18)14-7-6-13-8-9-16(22)12-15(13)11-14;2*19-10-12-3-4-13-5-6-14(9-15(13)8-12)18-21-17(22-24-18)16-2-1-7-23(16)11-20;1-10(2,3)16-9(14)13-6-4-5-7(13)8(11)12-15/h6-9,11-12,18H,4-5,10H2,1-3H3;6-9,11-12,17H,4-5,10H2,1-3H3;2*3-6,8-9,16H,1-2,7H2;7,15H,4-6H2,1-3H3,(H2,11,12)/t;;16-;;/m..0../s1. The summed E-state index contributed by atoms with van der Waals surface area (Å²) in [5, 5.41) is 81.6. The molecule has 5 aliphatic heterocycles. The van der Waals surface area contributed by atoms with Gasteiger partial charge in [-0.25, -0.2) is 14.4 Å². The van der Waals surface area contributed by atoms with Crippen LogP contribution >= 0.6 is 15.9 Å². The maximum Gasteiger partial charge on any atom is 0.410 e. The average molecular weight is 1690 g/mol. The number of rotatable bonds is 9. The number of hydrogen-bond donors (Lipinski definition) is 2. The van der Waals surface area contributed by atoms with Gasteiger partial charge in [-0.05, 0) is 267 Å². The zero-order valence-corrected chi connectivity index (χ0v) is 69.9. The molecule has 3 amide bonds. The quantitative estimate of drug-likeness (QED) is 0.0338. The van der Waals surface area contributed by atoms with Crippen LogP contribution in [0.15, 0.2) is 173 Å². The number of fused-ring (bicyclic) bond motifs is 4. The number of nitrogens with zero attached hydrogens (tertiary/aromatic N) is 19. The molecular weight excluding hydrogens is 1610 g/mol. The number of carbonyl (C=O) groups excluding carboxylic acids is 3. The molecule has 9 heterocycles. The number of hydrogen-bond acceptors (Lipinski definition) is 27. The molecule has 618 valence electrons. The van der Waals surface area contributed by atoms with E-state index in [1.165, 1.54) is 4.90 Å². The number of ether oxygens (including phenoxy) is 3. The number of halogens is 1. The Balaban J connectivity index is 0.000000132. The Bertz CT molecular complexity index is 5900. The molecule has 3 N–H and O–H groups in total. The van der Waals surface area contributed by atoms with Gasteiger partial charge in [0.05, 0.1) is 53.0 Å². The summed E-state index contributed by atoms with van der Waals surface area (Å²) in [7, 11) is 0. The number of nitriles is 5. The van der Waals surface area contributed by atoms with Crippen LogP contribution in [0.4, 0.5) is 14.4 Å².